The molecular formula is C15H20N2O4. The molecule has 6 nitrogen and oxygen atoms in total. The maximum Gasteiger partial charge on any atom is 0.335 e. The Bertz CT molecular complexity index is 514. The number of carbonyl (C=O) groups is 3. The van der Waals surface area contributed by atoms with Crippen LogP contribution >= 0.6 is 0 Å². The van der Waals surface area contributed by atoms with Crippen LogP contribution in [-0.2, 0) is 16.0 Å². The molecule has 0 aromatic heterocycles. The fourth-order valence-electron chi connectivity index (χ4n) is 1.79. The lowest BCUT2D eigenvalue weighted by molar-refractivity contribution is -0.122. The van der Waals surface area contributed by atoms with E-state index in [0.717, 1.165) is 6.42 Å². The third-order valence-electron chi connectivity index (χ3n) is 2.85. The molecule has 0 saturated carbocycles. The summed E-state index contributed by atoms with van der Waals surface area (Å²) < 4.78 is 0. The average Bonchev–Trinajstić information content (AvgIpc) is 2.45. The van der Waals surface area contributed by atoms with Crippen molar-refractivity contribution in [3.8, 4) is 0 Å². The van der Waals surface area contributed by atoms with Gasteiger partial charge in [-0.1, -0.05) is 25.1 Å². The predicted octanol–water partition coefficient (Wildman–Crippen LogP) is 0.960. The Hall–Kier alpha value is -2.37. The second-order valence-corrected chi connectivity index (χ2v) is 4.59. The van der Waals surface area contributed by atoms with Crippen LogP contribution in [0.15, 0.2) is 24.3 Å². The summed E-state index contributed by atoms with van der Waals surface area (Å²) in [4.78, 5) is 34.1. The summed E-state index contributed by atoms with van der Waals surface area (Å²) in [5, 5.41) is 14.3. The Kier molecular flexibility index (Phi) is 6.94. The van der Waals surface area contributed by atoms with Crippen molar-refractivity contribution >= 4 is 17.8 Å². The molecule has 0 spiro atoms. The molecule has 114 valence electrons. The van der Waals surface area contributed by atoms with Crippen molar-refractivity contribution in [3.63, 3.8) is 0 Å². The van der Waals surface area contributed by atoms with Crippen molar-refractivity contribution in [3.05, 3.63) is 35.4 Å². The second-order valence-electron chi connectivity index (χ2n) is 4.59. The first-order valence-electron chi connectivity index (χ1n) is 6.89. The topological polar surface area (TPSA) is 95.5 Å². The normalized spacial score (nSPS) is 9.95. The number of amides is 2. The van der Waals surface area contributed by atoms with Gasteiger partial charge in [0.1, 0.15) is 0 Å². The number of rotatable bonds is 8. The lowest BCUT2D eigenvalue weighted by Crippen LogP contribution is -2.32. The Labute approximate surface area is 123 Å². The number of hydrogen-bond acceptors (Lipinski definition) is 3. The number of nitrogens with one attached hydrogen (secondary N) is 2. The highest BCUT2D eigenvalue weighted by Crippen LogP contribution is 2.09. The first-order chi connectivity index (χ1) is 10.0. The molecule has 0 aliphatic heterocycles. The summed E-state index contributed by atoms with van der Waals surface area (Å²) in [7, 11) is 0. The third kappa shape index (κ3) is 6.07. The fraction of sp³-hybridized carbons (Fsp3) is 0.400. The molecule has 0 heterocycles. The highest BCUT2D eigenvalue weighted by Gasteiger charge is 2.12. The van der Waals surface area contributed by atoms with E-state index in [1.807, 2.05) is 6.92 Å². The maximum atomic E-state index is 11.7. The first kappa shape index (κ1) is 16.7. The number of carboxylic acids is 1. The maximum absolute atomic E-state index is 11.7. The van der Waals surface area contributed by atoms with Crippen molar-refractivity contribution in [2.75, 3.05) is 13.1 Å². The molecule has 0 unspecified atom stereocenters. The van der Waals surface area contributed by atoms with Crippen molar-refractivity contribution in [1.29, 1.82) is 0 Å². The molecule has 1 aromatic carbocycles. The minimum absolute atomic E-state index is 0.0148. The van der Waals surface area contributed by atoms with E-state index in [4.69, 9.17) is 5.11 Å². The fourth-order valence-corrected chi connectivity index (χ4v) is 1.79. The average molecular weight is 292 g/mol. The van der Waals surface area contributed by atoms with Gasteiger partial charge < -0.3 is 15.7 Å². The molecule has 0 aliphatic rings. The largest absolute Gasteiger partial charge is 0.478 e. The van der Waals surface area contributed by atoms with Crippen LogP contribution < -0.4 is 10.6 Å². The van der Waals surface area contributed by atoms with Gasteiger partial charge in [0.25, 0.3) is 0 Å². The smallest absolute Gasteiger partial charge is 0.335 e. The molecular weight excluding hydrogens is 272 g/mol. The highest BCUT2D eigenvalue weighted by molar-refractivity contribution is 5.91. The van der Waals surface area contributed by atoms with Gasteiger partial charge in [0.2, 0.25) is 11.8 Å². The first-order valence-corrected chi connectivity index (χ1v) is 6.89. The van der Waals surface area contributed by atoms with Gasteiger partial charge in [-0.3, -0.25) is 9.59 Å². The minimum atomic E-state index is -1.06. The molecule has 2 amide bonds. The number of carbonyl (C=O) groups excluding carboxylic acids is 2. The van der Waals surface area contributed by atoms with Crippen LogP contribution in [0.4, 0.5) is 0 Å². The summed E-state index contributed by atoms with van der Waals surface area (Å²) in [5.41, 5.74) is 0.575. The highest BCUT2D eigenvalue weighted by atomic mass is 16.4. The van der Waals surface area contributed by atoms with E-state index in [2.05, 4.69) is 10.6 Å². The summed E-state index contributed by atoms with van der Waals surface area (Å²) in [6.45, 7) is 2.82. The summed E-state index contributed by atoms with van der Waals surface area (Å²) in [6.07, 6.45) is 1.06. The standard InChI is InChI=1S/C15H20N2O4/c1-2-8-16-13(18)7-9-17-14(19)10-11-5-3-4-6-12(11)15(20)21/h3-6H,2,7-10H2,1H3,(H,16,18)(H,17,19)(H,20,21). The molecule has 1 rings (SSSR count). The summed E-state index contributed by atoms with van der Waals surface area (Å²) in [6, 6.07) is 6.37. The zero-order chi connectivity index (χ0) is 15.7. The van der Waals surface area contributed by atoms with Gasteiger partial charge in [0.05, 0.1) is 12.0 Å². The Balaban J connectivity index is 2.41. The second kappa shape index (κ2) is 8.73. The molecule has 0 aliphatic carbocycles. The monoisotopic (exact) mass is 292 g/mol. The SMILES string of the molecule is CCCNC(=O)CCNC(=O)Cc1ccccc1C(=O)O. The van der Waals surface area contributed by atoms with Crippen LogP contribution in [0.5, 0.6) is 0 Å². The molecule has 0 saturated heterocycles. The number of aromatic carboxylic acids is 1. The predicted molar refractivity (Wildman–Crippen MR) is 78.0 cm³/mol. The van der Waals surface area contributed by atoms with Crippen molar-refractivity contribution in [2.45, 2.75) is 26.2 Å². The molecule has 21 heavy (non-hydrogen) atoms. The van der Waals surface area contributed by atoms with Crippen molar-refractivity contribution in [2.24, 2.45) is 0 Å². The lowest BCUT2D eigenvalue weighted by atomic mass is 10.0. The minimum Gasteiger partial charge on any atom is -0.478 e. The molecule has 0 radical (unpaired) electrons. The van der Waals surface area contributed by atoms with E-state index < -0.39 is 5.97 Å². The van der Waals surface area contributed by atoms with Crippen LogP contribution in [0.2, 0.25) is 0 Å². The van der Waals surface area contributed by atoms with Gasteiger partial charge in [-0.2, -0.15) is 0 Å². The third-order valence-corrected chi connectivity index (χ3v) is 2.85. The summed E-state index contributed by atoms with van der Waals surface area (Å²) >= 11 is 0. The van der Waals surface area contributed by atoms with Crippen LogP contribution in [0.25, 0.3) is 0 Å². The van der Waals surface area contributed by atoms with E-state index in [9.17, 15) is 14.4 Å². The van der Waals surface area contributed by atoms with E-state index >= 15 is 0 Å². The summed E-state index contributed by atoms with van der Waals surface area (Å²) in [5.74, 6) is -1.47. The molecule has 0 fully saturated rings. The number of hydrogen-bond donors (Lipinski definition) is 3. The van der Waals surface area contributed by atoms with Crippen LogP contribution in [0, 0.1) is 0 Å². The van der Waals surface area contributed by atoms with Crippen LogP contribution in [-0.4, -0.2) is 36.0 Å². The van der Waals surface area contributed by atoms with Crippen molar-refractivity contribution < 1.29 is 19.5 Å². The number of benzene rings is 1. The van der Waals surface area contributed by atoms with E-state index in [1.165, 1.54) is 6.07 Å². The zero-order valence-corrected chi connectivity index (χ0v) is 12.0. The number of carboxylic acid groups (broad SMARTS) is 1. The van der Waals surface area contributed by atoms with Crippen molar-refractivity contribution in [1.82, 2.24) is 10.6 Å². The van der Waals surface area contributed by atoms with Gasteiger partial charge in [-0.05, 0) is 18.1 Å². The van der Waals surface area contributed by atoms with Gasteiger partial charge in [0.15, 0.2) is 0 Å². The Morgan fingerprint density at radius 1 is 1.05 bits per heavy atom. The Morgan fingerprint density at radius 3 is 2.38 bits per heavy atom. The Morgan fingerprint density at radius 2 is 1.71 bits per heavy atom. The molecule has 1 aromatic rings. The van der Waals surface area contributed by atoms with E-state index in [0.29, 0.717) is 12.1 Å². The quantitative estimate of drug-likeness (QED) is 0.665. The van der Waals surface area contributed by atoms with Gasteiger partial charge in [0, 0.05) is 19.5 Å². The zero-order valence-electron chi connectivity index (χ0n) is 12.0. The lowest BCUT2D eigenvalue weighted by Gasteiger charge is -2.07. The molecule has 0 bridgehead atoms. The van der Waals surface area contributed by atoms with E-state index in [-0.39, 0.29) is 36.8 Å². The van der Waals surface area contributed by atoms with Crippen LogP contribution in [0.1, 0.15) is 35.7 Å². The van der Waals surface area contributed by atoms with Gasteiger partial charge in [-0.25, -0.2) is 4.79 Å². The van der Waals surface area contributed by atoms with Crippen LogP contribution in [0.3, 0.4) is 0 Å². The molecule has 6 heteroatoms. The van der Waals surface area contributed by atoms with Gasteiger partial charge in [-0.15, -0.1) is 0 Å². The molecule has 3 N–H and O–H groups in total. The van der Waals surface area contributed by atoms with E-state index in [1.54, 1.807) is 18.2 Å². The van der Waals surface area contributed by atoms with Gasteiger partial charge >= 0.3 is 5.97 Å². The molecule has 0 atom stereocenters.